The number of nitrogens with zero attached hydrogens (tertiary/aromatic N) is 10. The molecule has 1 saturated heterocycles. The van der Waals surface area contributed by atoms with Crippen molar-refractivity contribution in [3.63, 3.8) is 0 Å². The standard InChI is InChI=1S/C33H40ClN11O4/c1-21(17-44-20-36-41-42-44)48-31-16-24(4-9-28(31)34)29-10-11-35-33(37-29)38-30-18-45(39-32(30)47-19-27-22(2)40-49-23(27)3)26-7-5-25(6-8-26)43-12-14-46-15-13-43/h4,9-11,16,18,20-21,25-26H,5-8,12-15,17,19H2,1-3H3,(H,35,37,38)/t21-,25?,26?/m0/s1. The molecule has 258 valence electrons. The molecule has 1 atom stereocenters. The summed E-state index contributed by atoms with van der Waals surface area (Å²) in [4.78, 5) is 11.9. The molecule has 0 spiro atoms. The molecule has 5 heterocycles. The van der Waals surface area contributed by atoms with E-state index >= 15 is 0 Å². The predicted molar refractivity (Wildman–Crippen MR) is 180 cm³/mol. The number of benzene rings is 1. The van der Waals surface area contributed by atoms with Crippen LogP contribution in [0.15, 0.2) is 47.5 Å². The molecule has 2 aliphatic rings. The molecule has 15 nitrogen and oxygen atoms in total. The van der Waals surface area contributed by atoms with Crippen molar-refractivity contribution >= 4 is 23.2 Å². The molecule has 1 aromatic carbocycles. The third kappa shape index (κ3) is 7.84. The summed E-state index contributed by atoms with van der Waals surface area (Å²) in [5, 5.41) is 24.1. The van der Waals surface area contributed by atoms with Gasteiger partial charge in [-0.1, -0.05) is 22.8 Å². The average Bonchev–Trinajstić information content (AvgIpc) is 3.86. The van der Waals surface area contributed by atoms with E-state index in [0.29, 0.717) is 46.6 Å². The van der Waals surface area contributed by atoms with Gasteiger partial charge in [0.05, 0.1) is 54.0 Å². The maximum Gasteiger partial charge on any atom is 0.257 e. The molecule has 7 rings (SSSR count). The van der Waals surface area contributed by atoms with Crippen molar-refractivity contribution in [1.82, 2.24) is 50.0 Å². The summed E-state index contributed by atoms with van der Waals surface area (Å²) in [6, 6.07) is 8.26. The van der Waals surface area contributed by atoms with Gasteiger partial charge in [0.15, 0.2) is 0 Å². The topological polar surface area (TPSA) is 156 Å². The zero-order valence-corrected chi connectivity index (χ0v) is 28.6. The van der Waals surface area contributed by atoms with Crippen LogP contribution in [0.3, 0.4) is 0 Å². The molecule has 2 fully saturated rings. The van der Waals surface area contributed by atoms with Crippen LogP contribution in [0.2, 0.25) is 5.02 Å². The zero-order valence-electron chi connectivity index (χ0n) is 27.8. The highest BCUT2D eigenvalue weighted by Gasteiger charge is 2.29. The lowest BCUT2D eigenvalue weighted by atomic mass is 9.90. The van der Waals surface area contributed by atoms with Crippen LogP contribution in [-0.4, -0.2) is 88.5 Å². The molecular weight excluding hydrogens is 650 g/mol. The van der Waals surface area contributed by atoms with Crippen molar-refractivity contribution < 1.29 is 18.7 Å². The molecule has 1 aliphatic carbocycles. The lowest BCUT2D eigenvalue weighted by molar-refractivity contribution is 0.00502. The highest BCUT2D eigenvalue weighted by Crippen LogP contribution is 2.36. The van der Waals surface area contributed by atoms with Crippen molar-refractivity contribution in [2.75, 3.05) is 31.6 Å². The van der Waals surface area contributed by atoms with E-state index in [9.17, 15) is 0 Å². The lowest BCUT2D eigenvalue weighted by Crippen LogP contribution is -2.45. The van der Waals surface area contributed by atoms with Crippen LogP contribution in [0.1, 0.15) is 55.7 Å². The van der Waals surface area contributed by atoms with Crippen molar-refractivity contribution in [3.8, 4) is 22.9 Å². The molecule has 49 heavy (non-hydrogen) atoms. The first-order chi connectivity index (χ1) is 23.9. The number of halogens is 1. The molecule has 0 radical (unpaired) electrons. The number of aryl methyl sites for hydroxylation is 2. The van der Waals surface area contributed by atoms with E-state index in [2.05, 4.69) is 35.9 Å². The summed E-state index contributed by atoms with van der Waals surface area (Å²) >= 11 is 6.51. The third-order valence-corrected chi connectivity index (χ3v) is 9.44. The van der Waals surface area contributed by atoms with Gasteiger partial charge in [-0.15, -0.1) is 10.2 Å². The SMILES string of the molecule is Cc1noc(C)c1COc1nn(C2CCC(N3CCOCC3)CC2)cc1Nc1nccc(-c2ccc(Cl)c(O[C@@H](C)Cn3cnnn3)c2)n1. The van der Waals surface area contributed by atoms with Crippen molar-refractivity contribution in [2.24, 2.45) is 0 Å². The second-order valence-electron chi connectivity index (χ2n) is 12.5. The van der Waals surface area contributed by atoms with Gasteiger partial charge >= 0.3 is 0 Å². The maximum absolute atomic E-state index is 6.51. The van der Waals surface area contributed by atoms with Gasteiger partial charge in [0.1, 0.15) is 36.2 Å². The minimum Gasteiger partial charge on any atom is -0.487 e. The van der Waals surface area contributed by atoms with Crippen molar-refractivity contribution in [1.29, 1.82) is 0 Å². The Morgan fingerprint density at radius 2 is 1.90 bits per heavy atom. The summed E-state index contributed by atoms with van der Waals surface area (Å²) in [6.45, 7) is 10.1. The minimum atomic E-state index is -0.228. The van der Waals surface area contributed by atoms with Gasteiger partial charge in [-0.25, -0.2) is 14.6 Å². The van der Waals surface area contributed by atoms with E-state index < -0.39 is 0 Å². The second kappa shape index (κ2) is 14.9. The van der Waals surface area contributed by atoms with Crippen LogP contribution >= 0.6 is 11.6 Å². The number of anilines is 2. The van der Waals surface area contributed by atoms with E-state index in [-0.39, 0.29) is 18.8 Å². The Hall–Kier alpha value is -4.60. The Kier molecular flexibility index (Phi) is 10.0. The Morgan fingerprint density at radius 3 is 2.65 bits per heavy atom. The maximum atomic E-state index is 6.51. The quantitative estimate of drug-likeness (QED) is 0.183. The van der Waals surface area contributed by atoms with Gasteiger partial charge in [0.25, 0.3) is 5.88 Å². The van der Waals surface area contributed by atoms with Crippen LogP contribution in [0.25, 0.3) is 11.3 Å². The third-order valence-electron chi connectivity index (χ3n) is 9.13. The predicted octanol–water partition coefficient (Wildman–Crippen LogP) is 5.19. The van der Waals surface area contributed by atoms with Crippen LogP contribution < -0.4 is 14.8 Å². The first-order valence-electron chi connectivity index (χ1n) is 16.6. The molecule has 4 aromatic heterocycles. The van der Waals surface area contributed by atoms with E-state index in [1.165, 1.54) is 0 Å². The summed E-state index contributed by atoms with van der Waals surface area (Å²) in [7, 11) is 0. The van der Waals surface area contributed by atoms with Crippen LogP contribution in [0, 0.1) is 13.8 Å². The number of tetrazole rings is 1. The largest absolute Gasteiger partial charge is 0.487 e. The monoisotopic (exact) mass is 689 g/mol. The van der Waals surface area contributed by atoms with E-state index in [1.54, 1.807) is 23.3 Å². The van der Waals surface area contributed by atoms with Gasteiger partial charge < -0.3 is 24.1 Å². The van der Waals surface area contributed by atoms with Crippen LogP contribution in [-0.2, 0) is 17.9 Å². The fraction of sp³-hybridized carbons (Fsp3) is 0.485. The molecule has 1 saturated carbocycles. The van der Waals surface area contributed by atoms with E-state index in [1.807, 2.05) is 49.8 Å². The van der Waals surface area contributed by atoms with E-state index in [0.717, 1.165) is 74.6 Å². The average molecular weight is 690 g/mol. The number of ether oxygens (including phenoxy) is 3. The molecule has 1 N–H and O–H groups in total. The van der Waals surface area contributed by atoms with Crippen molar-refractivity contribution in [3.05, 3.63) is 65.0 Å². The molecule has 0 bridgehead atoms. The molecule has 5 aromatic rings. The summed E-state index contributed by atoms with van der Waals surface area (Å²) in [5.74, 6) is 2.12. The first-order valence-corrected chi connectivity index (χ1v) is 17.0. The molecule has 0 amide bonds. The zero-order chi connectivity index (χ0) is 33.7. The van der Waals surface area contributed by atoms with Gasteiger partial charge in [-0.05, 0) is 75.1 Å². The van der Waals surface area contributed by atoms with Gasteiger partial charge in [-0.2, -0.15) is 0 Å². The summed E-state index contributed by atoms with van der Waals surface area (Å²) < 4.78 is 27.0. The molecule has 1 aliphatic heterocycles. The Morgan fingerprint density at radius 1 is 1.08 bits per heavy atom. The number of nitrogens with one attached hydrogen (secondary N) is 1. The molecular formula is C33H40ClN11O4. The second-order valence-corrected chi connectivity index (χ2v) is 12.9. The fourth-order valence-electron chi connectivity index (χ4n) is 6.47. The summed E-state index contributed by atoms with van der Waals surface area (Å²) in [6.07, 6.45) is 9.34. The number of hydrogen-bond acceptors (Lipinski definition) is 13. The fourth-order valence-corrected chi connectivity index (χ4v) is 6.63. The number of morpholine rings is 1. The number of hydrogen-bond donors (Lipinski definition) is 1. The highest BCUT2D eigenvalue weighted by molar-refractivity contribution is 6.32. The van der Waals surface area contributed by atoms with Crippen LogP contribution in [0.4, 0.5) is 11.6 Å². The normalized spacial score (nSPS) is 19.1. The lowest BCUT2D eigenvalue weighted by Gasteiger charge is -2.38. The Balaban J connectivity index is 1.09. The minimum absolute atomic E-state index is 0.228. The van der Waals surface area contributed by atoms with E-state index in [4.69, 9.17) is 40.4 Å². The van der Waals surface area contributed by atoms with Gasteiger partial charge in [-0.3, -0.25) is 9.58 Å². The number of aromatic nitrogens is 9. The summed E-state index contributed by atoms with van der Waals surface area (Å²) in [5.41, 5.74) is 3.88. The molecule has 16 heteroatoms. The first kappa shape index (κ1) is 32.9. The Bertz CT molecular complexity index is 1810. The molecule has 0 unspecified atom stereocenters. The van der Waals surface area contributed by atoms with Gasteiger partial charge in [0.2, 0.25) is 5.95 Å². The van der Waals surface area contributed by atoms with Crippen molar-refractivity contribution in [2.45, 2.75) is 77.8 Å². The Labute approximate surface area is 288 Å². The highest BCUT2D eigenvalue weighted by atomic mass is 35.5. The smallest absolute Gasteiger partial charge is 0.257 e. The van der Waals surface area contributed by atoms with Gasteiger partial charge in [0, 0.05) is 30.9 Å². The number of rotatable bonds is 12. The van der Waals surface area contributed by atoms with Crippen LogP contribution in [0.5, 0.6) is 11.6 Å².